The zero-order chi connectivity index (χ0) is 5.98. The zero-order valence-corrected chi connectivity index (χ0v) is 5.22. The van der Waals surface area contributed by atoms with Gasteiger partial charge >= 0.3 is 0 Å². The lowest BCUT2D eigenvalue weighted by atomic mass is 10.2. The molecule has 8 heavy (non-hydrogen) atoms. The van der Waals surface area contributed by atoms with Crippen LogP contribution >= 0.6 is 0 Å². The number of nitrogens with zero attached hydrogens (tertiary/aromatic N) is 1. The first-order valence-corrected chi connectivity index (χ1v) is 3.25. The Morgan fingerprint density at radius 2 is 2.50 bits per heavy atom. The van der Waals surface area contributed by atoms with Crippen molar-refractivity contribution < 1.29 is 0 Å². The predicted octanol–water partition coefficient (Wildman–Crippen LogP) is 2.09. The molecule has 0 aromatic carbocycles. The van der Waals surface area contributed by atoms with E-state index >= 15 is 0 Å². The monoisotopic (exact) mass is 109 g/mol. The molecule has 1 rings (SSSR count). The van der Waals surface area contributed by atoms with Gasteiger partial charge in [0.1, 0.15) is 0 Å². The van der Waals surface area contributed by atoms with Crippen LogP contribution in [0.5, 0.6) is 0 Å². The molecule has 0 radical (unpaired) electrons. The molecular weight excluding hydrogens is 98.1 g/mol. The minimum Gasteiger partial charge on any atom is -0.313 e. The molecule has 44 valence electrons. The van der Waals surface area contributed by atoms with Crippen molar-refractivity contribution in [1.82, 2.24) is 0 Å². The molecule has 0 N–H and O–H groups in total. The second-order valence-electron chi connectivity index (χ2n) is 2.48. The highest BCUT2D eigenvalue weighted by Crippen LogP contribution is 2.37. The van der Waals surface area contributed by atoms with Gasteiger partial charge in [0.25, 0.3) is 0 Å². The summed E-state index contributed by atoms with van der Waals surface area (Å²) in [4.78, 5) is 3.45. The third-order valence-electron chi connectivity index (χ3n) is 1.71. The second kappa shape index (κ2) is 2.17. The molecule has 2 unspecified atom stereocenters. The third kappa shape index (κ3) is 1.01. The first-order chi connectivity index (χ1) is 3.88. The van der Waals surface area contributed by atoms with Crippen molar-refractivity contribution in [2.45, 2.75) is 32.2 Å². The summed E-state index contributed by atoms with van der Waals surface area (Å²) in [6.07, 6.45) is 3.70. The number of hydrogen-bond donors (Lipinski definition) is 0. The van der Waals surface area contributed by atoms with Gasteiger partial charge in [0, 0.05) is 12.3 Å². The Bertz CT molecular complexity index is 112. The average Bonchev–Trinajstić information content (AvgIpc) is 2.48. The Kier molecular flexibility index (Phi) is 1.53. The standard InChI is InChI=1S/C7H11N/c1-3-4-6-5-7(6)8-2/h6-7H,3-5H2,1H3. The van der Waals surface area contributed by atoms with Crippen LogP contribution in [0.3, 0.4) is 0 Å². The summed E-state index contributed by atoms with van der Waals surface area (Å²) in [5, 5.41) is 0. The highest BCUT2D eigenvalue weighted by atomic mass is 14.8. The van der Waals surface area contributed by atoms with Gasteiger partial charge < -0.3 is 4.85 Å². The molecule has 0 bridgehead atoms. The number of hydrogen-bond acceptors (Lipinski definition) is 0. The van der Waals surface area contributed by atoms with Crippen LogP contribution in [0.25, 0.3) is 4.85 Å². The van der Waals surface area contributed by atoms with Crippen molar-refractivity contribution in [3.63, 3.8) is 0 Å². The predicted molar refractivity (Wildman–Crippen MR) is 33.4 cm³/mol. The Morgan fingerprint density at radius 1 is 1.75 bits per heavy atom. The molecule has 0 aromatic heterocycles. The van der Waals surface area contributed by atoms with E-state index in [9.17, 15) is 0 Å². The molecule has 0 spiro atoms. The van der Waals surface area contributed by atoms with Gasteiger partial charge in [-0.3, -0.25) is 0 Å². The van der Waals surface area contributed by atoms with E-state index in [4.69, 9.17) is 6.57 Å². The Hall–Kier alpha value is -0.510. The average molecular weight is 109 g/mol. The van der Waals surface area contributed by atoms with Crippen molar-refractivity contribution in [2.75, 3.05) is 0 Å². The van der Waals surface area contributed by atoms with E-state index < -0.39 is 0 Å². The third-order valence-corrected chi connectivity index (χ3v) is 1.71. The van der Waals surface area contributed by atoms with E-state index in [1.165, 1.54) is 19.3 Å². The van der Waals surface area contributed by atoms with Crippen molar-refractivity contribution >= 4 is 0 Å². The molecule has 1 saturated carbocycles. The molecule has 1 aliphatic carbocycles. The van der Waals surface area contributed by atoms with Crippen LogP contribution in [0, 0.1) is 12.5 Å². The van der Waals surface area contributed by atoms with Crippen LogP contribution in [-0.2, 0) is 0 Å². The molecule has 0 saturated heterocycles. The normalized spacial score (nSPS) is 34.0. The van der Waals surface area contributed by atoms with Gasteiger partial charge in [-0.2, -0.15) is 0 Å². The van der Waals surface area contributed by atoms with E-state index in [1.807, 2.05) is 0 Å². The highest BCUT2D eigenvalue weighted by Gasteiger charge is 2.42. The van der Waals surface area contributed by atoms with Crippen LogP contribution < -0.4 is 0 Å². The van der Waals surface area contributed by atoms with Crippen molar-refractivity contribution in [3.8, 4) is 0 Å². The molecule has 0 aliphatic heterocycles. The maximum atomic E-state index is 6.65. The van der Waals surface area contributed by atoms with Gasteiger partial charge in [-0.05, 0) is 6.42 Å². The molecule has 1 nitrogen and oxygen atoms in total. The molecule has 2 atom stereocenters. The van der Waals surface area contributed by atoms with Gasteiger partial charge in [0.05, 0.1) is 0 Å². The van der Waals surface area contributed by atoms with E-state index in [0.717, 1.165) is 5.92 Å². The Balaban J connectivity index is 2.10. The summed E-state index contributed by atoms with van der Waals surface area (Å²) in [6, 6.07) is 0.412. The number of rotatable bonds is 2. The molecular formula is C7H11N. The summed E-state index contributed by atoms with van der Waals surface area (Å²) >= 11 is 0. The van der Waals surface area contributed by atoms with Gasteiger partial charge in [-0.25, -0.2) is 6.57 Å². The van der Waals surface area contributed by atoms with Crippen LogP contribution in [0.2, 0.25) is 0 Å². The maximum Gasteiger partial charge on any atom is 0.227 e. The van der Waals surface area contributed by atoms with Crippen LogP contribution in [0.4, 0.5) is 0 Å². The second-order valence-corrected chi connectivity index (χ2v) is 2.48. The highest BCUT2D eigenvalue weighted by molar-refractivity contribution is 5.00. The quantitative estimate of drug-likeness (QED) is 0.478. The minimum absolute atomic E-state index is 0.412. The van der Waals surface area contributed by atoms with E-state index in [1.54, 1.807) is 0 Å². The first kappa shape index (κ1) is 5.62. The molecule has 0 amide bonds. The lowest BCUT2D eigenvalue weighted by Crippen LogP contribution is -1.78. The molecule has 1 aliphatic rings. The summed E-state index contributed by atoms with van der Waals surface area (Å²) < 4.78 is 0. The van der Waals surface area contributed by atoms with E-state index in [-0.39, 0.29) is 0 Å². The Morgan fingerprint density at radius 3 is 2.88 bits per heavy atom. The van der Waals surface area contributed by atoms with Gasteiger partial charge in [0.15, 0.2) is 0 Å². The SMILES string of the molecule is [C-]#[N+]C1CC1CCC. The van der Waals surface area contributed by atoms with Crippen LogP contribution in [-0.4, -0.2) is 6.04 Å². The molecule has 0 aromatic rings. The summed E-state index contributed by atoms with van der Waals surface area (Å²) in [7, 11) is 0. The van der Waals surface area contributed by atoms with Gasteiger partial charge in [0.2, 0.25) is 6.04 Å². The van der Waals surface area contributed by atoms with Gasteiger partial charge in [-0.1, -0.05) is 13.3 Å². The van der Waals surface area contributed by atoms with Crippen molar-refractivity contribution in [2.24, 2.45) is 5.92 Å². The lowest BCUT2D eigenvalue weighted by Gasteiger charge is -1.83. The van der Waals surface area contributed by atoms with Gasteiger partial charge in [-0.15, -0.1) is 0 Å². The fourth-order valence-corrected chi connectivity index (χ4v) is 1.07. The van der Waals surface area contributed by atoms with E-state index in [2.05, 4.69) is 11.8 Å². The summed E-state index contributed by atoms with van der Waals surface area (Å²) in [6.45, 7) is 8.83. The Labute approximate surface area is 50.5 Å². The fourth-order valence-electron chi connectivity index (χ4n) is 1.07. The largest absolute Gasteiger partial charge is 0.313 e. The summed E-state index contributed by atoms with van der Waals surface area (Å²) in [5.74, 6) is 0.775. The van der Waals surface area contributed by atoms with Crippen molar-refractivity contribution in [3.05, 3.63) is 11.4 Å². The maximum absolute atomic E-state index is 6.65. The summed E-state index contributed by atoms with van der Waals surface area (Å²) in [5.41, 5.74) is 0. The fraction of sp³-hybridized carbons (Fsp3) is 0.857. The zero-order valence-electron chi connectivity index (χ0n) is 5.22. The molecule has 1 heteroatoms. The molecule has 0 heterocycles. The first-order valence-electron chi connectivity index (χ1n) is 3.25. The van der Waals surface area contributed by atoms with Crippen molar-refractivity contribution in [1.29, 1.82) is 0 Å². The molecule has 1 fully saturated rings. The van der Waals surface area contributed by atoms with E-state index in [0.29, 0.717) is 6.04 Å². The van der Waals surface area contributed by atoms with Crippen LogP contribution in [0.1, 0.15) is 26.2 Å². The topological polar surface area (TPSA) is 4.36 Å². The minimum atomic E-state index is 0.412. The lowest BCUT2D eigenvalue weighted by molar-refractivity contribution is 0.700. The smallest absolute Gasteiger partial charge is 0.227 e. The van der Waals surface area contributed by atoms with Crippen LogP contribution in [0.15, 0.2) is 0 Å².